The van der Waals surface area contributed by atoms with Crippen LogP contribution in [0.1, 0.15) is 34.1 Å². The number of phenols is 3. The van der Waals surface area contributed by atoms with Gasteiger partial charge in [0.25, 0.3) is 0 Å². The molecule has 30 heavy (non-hydrogen) atoms. The van der Waals surface area contributed by atoms with Crippen molar-refractivity contribution in [3.63, 3.8) is 0 Å². The molecule has 3 aromatic carbocycles. The predicted octanol–water partition coefficient (Wildman–Crippen LogP) is 4.44. The number of hydrogen-bond acceptors (Lipinski definition) is 6. The van der Waals surface area contributed by atoms with Gasteiger partial charge in [-0.15, -0.1) is 0 Å². The zero-order valence-corrected chi connectivity index (χ0v) is 17.0. The Hall–Kier alpha value is -3.54. The summed E-state index contributed by atoms with van der Waals surface area (Å²) in [5, 5.41) is 30.2. The molecule has 6 nitrogen and oxygen atoms in total. The number of phenolic OH excluding ortho intramolecular Hbond substituents is 3. The second kappa shape index (κ2) is 7.71. The van der Waals surface area contributed by atoms with Crippen LogP contribution in [0.15, 0.2) is 48.5 Å². The summed E-state index contributed by atoms with van der Waals surface area (Å²) < 4.78 is 16.8. The van der Waals surface area contributed by atoms with Gasteiger partial charge in [0.15, 0.2) is 11.5 Å². The number of aromatic hydroxyl groups is 3. The summed E-state index contributed by atoms with van der Waals surface area (Å²) in [7, 11) is 2.99. The second-order valence-corrected chi connectivity index (χ2v) is 7.39. The van der Waals surface area contributed by atoms with Crippen LogP contribution in [-0.2, 0) is 0 Å². The van der Waals surface area contributed by atoms with Crippen LogP contribution in [0.25, 0.3) is 0 Å². The van der Waals surface area contributed by atoms with Crippen LogP contribution in [-0.4, -0.2) is 36.1 Å². The molecular weight excluding hydrogens is 384 g/mol. The van der Waals surface area contributed by atoms with E-state index in [9.17, 15) is 15.3 Å². The quantitative estimate of drug-likeness (QED) is 0.592. The fourth-order valence-corrected chi connectivity index (χ4v) is 4.13. The molecule has 0 fully saturated rings. The van der Waals surface area contributed by atoms with Crippen molar-refractivity contribution < 1.29 is 29.5 Å². The Morgan fingerprint density at radius 2 is 1.50 bits per heavy atom. The Labute approximate surface area is 174 Å². The topological polar surface area (TPSA) is 88.4 Å². The van der Waals surface area contributed by atoms with E-state index in [0.29, 0.717) is 29.4 Å². The Morgan fingerprint density at radius 3 is 2.10 bits per heavy atom. The average molecular weight is 408 g/mol. The van der Waals surface area contributed by atoms with Gasteiger partial charge < -0.3 is 29.5 Å². The summed E-state index contributed by atoms with van der Waals surface area (Å²) in [6.07, 6.45) is 0. The lowest BCUT2D eigenvalue weighted by atomic mass is 9.75. The third-order valence-electron chi connectivity index (χ3n) is 5.73. The minimum atomic E-state index is -0.116. The van der Waals surface area contributed by atoms with E-state index >= 15 is 0 Å². The highest BCUT2D eigenvalue weighted by molar-refractivity contribution is 5.58. The lowest BCUT2D eigenvalue weighted by Gasteiger charge is -2.35. The molecule has 4 rings (SSSR count). The van der Waals surface area contributed by atoms with E-state index in [4.69, 9.17) is 14.2 Å². The highest BCUT2D eigenvalue weighted by Gasteiger charge is 2.35. The van der Waals surface area contributed by atoms with Gasteiger partial charge in [-0.1, -0.05) is 18.2 Å². The summed E-state index contributed by atoms with van der Waals surface area (Å²) in [4.78, 5) is 0. The molecule has 0 saturated heterocycles. The van der Waals surface area contributed by atoms with E-state index in [-0.39, 0.29) is 29.1 Å². The van der Waals surface area contributed by atoms with E-state index in [1.54, 1.807) is 30.3 Å². The van der Waals surface area contributed by atoms with Gasteiger partial charge in [-0.25, -0.2) is 0 Å². The Morgan fingerprint density at radius 1 is 0.867 bits per heavy atom. The lowest BCUT2D eigenvalue weighted by Crippen LogP contribution is -2.26. The van der Waals surface area contributed by atoms with Crippen molar-refractivity contribution in [2.45, 2.75) is 18.8 Å². The summed E-state index contributed by atoms with van der Waals surface area (Å²) in [5.41, 5.74) is 3.52. The summed E-state index contributed by atoms with van der Waals surface area (Å²) >= 11 is 0. The fraction of sp³-hybridized carbons (Fsp3) is 0.250. The molecule has 0 bridgehead atoms. The van der Waals surface area contributed by atoms with E-state index in [1.807, 2.05) is 25.1 Å². The van der Waals surface area contributed by atoms with Crippen LogP contribution in [0.3, 0.4) is 0 Å². The van der Waals surface area contributed by atoms with E-state index < -0.39 is 0 Å². The van der Waals surface area contributed by atoms with Gasteiger partial charge in [0.05, 0.1) is 20.8 Å². The first-order valence-electron chi connectivity index (χ1n) is 9.63. The first-order chi connectivity index (χ1) is 14.4. The summed E-state index contributed by atoms with van der Waals surface area (Å²) in [6.45, 7) is 2.19. The van der Waals surface area contributed by atoms with Crippen LogP contribution >= 0.6 is 0 Å². The highest BCUT2D eigenvalue weighted by Crippen LogP contribution is 2.50. The Balaban J connectivity index is 1.91. The predicted molar refractivity (Wildman–Crippen MR) is 112 cm³/mol. The molecule has 3 aromatic rings. The molecule has 0 amide bonds. The average Bonchev–Trinajstić information content (AvgIpc) is 2.76. The summed E-state index contributed by atoms with van der Waals surface area (Å²) in [5.74, 6) is 1.41. The molecular formula is C24H24O6. The molecule has 0 radical (unpaired) electrons. The molecule has 1 aliphatic rings. The minimum Gasteiger partial charge on any atom is -0.508 e. The highest BCUT2D eigenvalue weighted by atomic mass is 16.5. The van der Waals surface area contributed by atoms with Crippen molar-refractivity contribution >= 4 is 0 Å². The standard InChI is InChI=1S/C24H24O6/c1-13-19(26)9-8-17-22(14-4-6-16(25)7-5-14)18(12-30-24(13)17)15-10-20(28-2)23(27)21(11-15)29-3/h4-11,18,22,25-27H,12H2,1-3H3/t18-,22+/m1/s1. The molecule has 6 heteroatoms. The maximum absolute atomic E-state index is 10.3. The third kappa shape index (κ3) is 3.24. The van der Waals surface area contributed by atoms with Gasteiger partial charge in [0, 0.05) is 23.0 Å². The fourth-order valence-electron chi connectivity index (χ4n) is 4.13. The van der Waals surface area contributed by atoms with Crippen molar-refractivity contribution in [3.05, 3.63) is 70.8 Å². The van der Waals surface area contributed by atoms with E-state index in [2.05, 4.69) is 0 Å². The zero-order valence-electron chi connectivity index (χ0n) is 17.0. The number of hydrogen-bond donors (Lipinski definition) is 3. The molecule has 1 aliphatic heterocycles. The van der Waals surface area contributed by atoms with Crippen molar-refractivity contribution in [2.75, 3.05) is 20.8 Å². The number of ether oxygens (including phenoxy) is 3. The maximum Gasteiger partial charge on any atom is 0.200 e. The Kier molecular flexibility index (Phi) is 5.08. The molecule has 3 N–H and O–H groups in total. The smallest absolute Gasteiger partial charge is 0.200 e. The van der Waals surface area contributed by atoms with E-state index in [1.165, 1.54) is 14.2 Å². The molecule has 1 heterocycles. The first-order valence-corrected chi connectivity index (χ1v) is 9.63. The molecule has 0 saturated carbocycles. The Bertz CT molecular complexity index is 1050. The second-order valence-electron chi connectivity index (χ2n) is 7.39. The lowest BCUT2D eigenvalue weighted by molar-refractivity contribution is 0.244. The largest absolute Gasteiger partial charge is 0.508 e. The zero-order chi connectivity index (χ0) is 21.4. The monoisotopic (exact) mass is 408 g/mol. The molecule has 0 aliphatic carbocycles. The molecule has 0 spiro atoms. The van der Waals surface area contributed by atoms with Crippen LogP contribution < -0.4 is 14.2 Å². The van der Waals surface area contributed by atoms with Crippen LogP contribution in [0.4, 0.5) is 0 Å². The van der Waals surface area contributed by atoms with Crippen molar-refractivity contribution in [2.24, 2.45) is 0 Å². The first kappa shape index (κ1) is 19.8. The van der Waals surface area contributed by atoms with Crippen LogP contribution in [0.2, 0.25) is 0 Å². The normalized spacial score (nSPS) is 17.7. The number of rotatable bonds is 4. The molecule has 0 aromatic heterocycles. The van der Waals surface area contributed by atoms with Gasteiger partial charge >= 0.3 is 0 Å². The number of methoxy groups -OCH3 is 2. The maximum atomic E-state index is 10.3. The summed E-state index contributed by atoms with van der Waals surface area (Å²) in [6, 6.07) is 14.2. The molecule has 156 valence electrons. The van der Waals surface area contributed by atoms with Crippen molar-refractivity contribution in [1.82, 2.24) is 0 Å². The van der Waals surface area contributed by atoms with Gasteiger partial charge in [-0.05, 0) is 48.4 Å². The number of fused-ring (bicyclic) bond motifs is 1. The van der Waals surface area contributed by atoms with Crippen molar-refractivity contribution in [3.8, 4) is 34.5 Å². The third-order valence-corrected chi connectivity index (χ3v) is 5.73. The van der Waals surface area contributed by atoms with Gasteiger partial charge in [0.2, 0.25) is 5.75 Å². The van der Waals surface area contributed by atoms with Gasteiger partial charge in [-0.3, -0.25) is 0 Å². The molecule has 2 atom stereocenters. The van der Waals surface area contributed by atoms with Gasteiger partial charge in [-0.2, -0.15) is 0 Å². The van der Waals surface area contributed by atoms with Crippen LogP contribution in [0, 0.1) is 6.92 Å². The SMILES string of the molecule is COc1cc([C@H]2COc3c(ccc(O)c3C)[C@@H]2c2ccc(O)cc2)cc(OC)c1O. The number of benzene rings is 3. The van der Waals surface area contributed by atoms with Crippen molar-refractivity contribution in [1.29, 1.82) is 0 Å². The minimum absolute atomic E-state index is 0.0529. The van der Waals surface area contributed by atoms with E-state index in [0.717, 1.165) is 16.7 Å². The molecule has 0 unspecified atom stereocenters. The van der Waals surface area contributed by atoms with Crippen LogP contribution in [0.5, 0.6) is 34.5 Å². The van der Waals surface area contributed by atoms with Gasteiger partial charge in [0.1, 0.15) is 17.2 Å².